The first-order chi connectivity index (χ1) is 6.29. The smallest absolute Gasteiger partial charge is 0.153 e. The van der Waals surface area contributed by atoms with Crippen molar-refractivity contribution in [2.24, 2.45) is 0 Å². The highest BCUT2D eigenvalue weighted by atomic mass is 32.1. The number of nitrogens with zero attached hydrogens (tertiary/aromatic N) is 4. The Labute approximate surface area is 81.0 Å². The molecule has 0 aliphatic carbocycles. The highest BCUT2D eigenvalue weighted by Crippen LogP contribution is 2.16. The summed E-state index contributed by atoms with van der Waals surface area (Å²) in [7, 11) is 0. The Balaban J connectivity index is 2.59. The molecule has 1 aromatic carbocycles. The molecular weight excluding hydrogens is 184 g/mol. The van der Waals surface area contributed by atoms with Crippen molar-refractivity contribution < 1.29 is 0 Å². The van der Waals surface area contributed by atoms with Crippen molar-refractivity contribution in [2.75, 3.05) is 0 Å². The van der Waals surface area contributed by atoms with Crippen LogP contribution in [0.5, 0.6) is 0 Å². The van der Waals surface area contributed by atoms with Crippen molar-refractivity contribution in [3.8, 4) is 5.69 Å². The number of aryl methyl sites for hydroxylation is 1. The molecule has 4 nitrogen and oxygen atoms in total. The third kappa shape index (κ3) is 1.42. The van der Waals surface area contributed by atoms with Crippen LogP contribution in [-0.4, -0.2) is 20.2 Å². The maximum Gasteiger partial charge on any atom is 0.153 e. The number of rotatable bonds is 1. The Hall–Kier alpha value is -1.36. The summed E-state index contributed by atoms with van der Waals surface area (Å²) < 4.78 is 1.66. The first-order valence-corrected chi connectivity index (χ1v) is 4.27. The average molecular weight is 192 g/mol. The molecule has 0 saturated carbocycles. The van der Waals surface area contributed by atoms with Gasteiger partial charge in [-0.25, -0.2) is 0 Å². The van der Waals surface area contributed by atoms with E-state index in [1.54, 1.807) is 4.68 Å². The monoisotopic (exact) mass is 192 g/mol. The van der Waals surface area contributed by atoms with E-state index in [-0.39, 0.29) is 0 Å². The lowest BCUT2D eigenvalue weighted by atomic mass is 10.3. The third-order valence-electron chi connectivity index (χ3n) is 1.74. The largest absolute Gasteiger partial charge is 0.197 e. The van der Waals surface area contributed by atoms with Gasteiger partial charge in [0.25, 0.3) is 0 Å². The summed E-state index contributed by atoms with van der Waals surface area (Å²) in [6, 6.07) is 7.67. The van der Waals surface area contributed by atoms with Crippen molar-refractivity contribution in [2.45, 2.75) is 11.8 Å². The first kappa shape index (κ1) is 8.25. The second kappa shape index (κ2) is 3.18. The number of tetrazole rings is 1. The van der Waals surface area contributed by atoms with Gasteiger partial charge in [-0.15, -0.1) is 17.7 Å². The van der Waals surface area contributed by atoms with E-state index in [4.69, 9.17) is 0 Å². The molecule has 0 N–H and O–H groups in total. The first-order valence-electron chi connectivity index (χ1n) is 3.82. The molecule has 0 atom stereocenters. The summed E-state index contributed by atoms with van der Waals surface area (Å²) in [5, 5.41) is 11.2. The van der Waals surface area contributed by atoms with Crippen LogP contribution in [0, 0.1) is 6.92 Å². The van der Waals surface area contributed by atoms with Crippen LogP contribution in [0.2, 0.25) is 0 Å². The van der Waals surface area contributed by atoms with E-state index in [2.05, 4.69) is 28.2 Å². The van der Waals surface area contributed by atoms with Crippen molar-refractivity contribution in [3.63, 3.8) is 0 Å². The minimum Gasteiger partial charge on any atom is -0.197 e. The van der Waals surface area contributed by atoms with Crippen molar-refractivity contribution in [3.05, 3.63) is 30.1 Å². The van der Waals surface area contributed by atoms with Gasteiger partial charge in [-0.1, -0.05) is 12.1 Å². The van der Waals surface area contributed by atoms with E-state index in [9.17, 15) is 0 Å². The van der Waals surface area contributed by atoms with Gasteiger partial charge in [-0.3, -0.25) is 0 Å². The van der Waals surface area contributed by atoms with Gasteiger partial charge >= 0.3 is 0 Å². The van der Waals surface area contributed by atoms with Crippen molar-refractivity contribution >= 4 is 12.6 Å². The fourth-order valence-corrected chi connectivity index (χ4v) is 1.35. The molecule has 0 fully saturated rings. The zero-order valence-electron chi connectivity index (χ0n) is 7.05. The Morgan fingerprint density at radius 2 is 2.08 bits per heavy atom. The summed E-state index contributed by atoms with van der Waals surface area (Å²) in [4.78, 5) is 0.859. The van der Waals surface area contributed by atoms with Gasteiger partial charge in [0.05, 0.1) is 5.69 Å². The van der Waals surface area contributed by atoms with E-state index in [0.29, 0.717) is 0 Å². The standard InChI is InChI=1S/C8H8N4S/c1-6-9-10-11-12(6)7-4-2-3-5-8(7)13/h2-5,13H,1H3. The molecule has 0 aliphatic heterocycles. The van der Waals surface area contributed by atoms with Crippen molar-refractivity contribution in [1.82, 2.24) is 20.2 Å². The Morgan fingerprint density at radius 1 is 1.31 bits per heavy atom. The SMILES string of the molecule is Cc1nnnn1-c1ccccc1S. The van der Waals surface area contributed by atoms with Crippen LogP contribution in [0.25, 0.3) is 5.69 Å². The maximum atomic E-state index is 4.32. The zero-order valence-corrected chi connectivity index (χ0v) is 7.94. The van der Waals surface area contributed by atoms with Crippen LogP contribution in [0.4, 0.5) is 0 Å². The maximum absolute atomic E-state index is 4.32. The number of thiol groups is 1. The summed E-state index contributed by atoms with van der Waals surface area (Å²) in [5.41, 5.74) is 0.897. The number of benzene rings is 1. The molecule has 0 unspecified atom stereocenters. The van der Waals surface area contributed by atoms with Crippen LogP contribution in [0.3, 0.4) is 0 Å². The quantitative estimate of drug-likeness (QED) is 0.692. The van der Waals surface area contributed by atoms with Crippen molar-refractivity contribution in [1.29, 1.82) is 0 Å². The van der Waals surface area contributed by atoms with Crippen LogP contribution in [0.1, 0.15) is 5.82 Å². The van der Waals surface area contributed by atoms with E-state index in [1.807, 2.05) is 31.2 Å². The summed E-state index contributed by atoms with van der Waals surface area (Å²) in [6.45, 7) is 1.85. The lowest BCUT2D eigenvalue weighted by molar-refractivity contribution is 0.769. The highest BCUT2D eigenvalue weighted by molar-refractivity contribution is 7.80. The van der Waals surface area contributed by atoms with E-state index in [1.165, 1.54) is 0 Å². The Kier molecular flexibility index (Phi) is 2.02. The Morgan fingerprint density at radius 3 is 2.69 bits per heavy atom. The average Bonchev–Trinajstić information content (AvgIpc) is 2.52. The van der Waals surface area contributed by atoms with E-state index >= 15 is 0 Å². The van der Waals surface area contributed by atoms with Gasteiger partial charge in [-0.05, 0) is 29.5 Å². The van der Waals surface area contributed by atoms with Crippen LogP contribution in [-0.2, 0) is 0 Å². The second-order valence-corrected chi connectivity index (χ2v) is 3.11. The lowest BCUT2D eigenvalue weighted by Gasteiger charge is -2.03. The predicted octanol–water partition coefficient (Wildman–Crippen LogP) is 1.26. The third-order valence-corrected chi connectivity index (χ3v) is 2.11. The normalized spacial score (nSPS) is 10.3. The topological polar surface area (TPSA) is 43.6 Å². The molecule has 66 valence electrons. The number of hydrogen-bond acceptors (Lipinski definition) is 4. The fourth-order valence-electron chi connectivity index (χ4n) is 1.10. The molecule has 5 heteroatoms. The summed E-state index contributed by atoms with van der Waals surface area (Å²) in [6.07, 6.45) is 0. The highest BCUT2D eigenvalue weighted by Gasteiger charge is 2.05. The molecule has 2 rings (SSSR count). The zero-order chi connectivity index (χ0) is 9.26. The van der Waals surface area contributed by atoms with Gasteiger partial charge in [0.2, 0.25) is 0 Å². The molecule has 13 heavy (non-hydrogen) atoms. The van der Waals surface area contributed by atoms with Crippen LogP contribution in [0.15, 0.2) is 29.2 Å². The van der Waals surface area contributed by atoms with Crippen LogP contribution < -0.4 is 0 Å². The van der Waals surface area contributed by atoms with E-state index < -0.39 is 0 Å². The minimum absolute atomic E-state index is 0.751. The molecule has 0 spiro atoms. The fraction of sp³-hybridized carbons (Fsp3) is 0.125. The van der Waals surface area contributed by atoms with Crippen LogP contribution >= 0.6 is 12.6 Å². The Bertz CT molecular complexity index is 424. The molecule has 0 aliphatic rings. The van der Waals surface area contributed by atoms with E-state index in [0.717, 1.165) is 16.4 Å². The summed E-state index contributed by atoms with van der Waals surface area (Å²) in [5.74, 6) is 0.751. The van der Waals surface area contributed by atoms with Gasteiger partial charge in [-0.2, -0.15) is 4.68 Å². The molecule has 1 heterocycles. The second-order valence-electron chi connectivity index (χ2n) is 2.63. The number of para-hydroxylation sites is 1. The molecule has 0 saturated heterocycles. The number of hydrogen-bond donors (Lipinski definition) is 1. The lowest BCUT2D eigenvalue weighted by Crippen LogP contribution is -2.00. The molecule has 0 amide bonds. The summed E-state index contributed by atoms with van der Waals surface area (Å²) >= 11 is 4.32. The van der Waals surface area contributed by atoms with Gasteiger partial charge in [0.15, 0.2) is 5.82 Å². The minimum atomic E-state index is 0.751. The molecular formula is C8H8N4S. The van der Waals surface area contributed by atoms with Gasteiger partial charge in [0, 0.05) is 4.90 Å². The molecule has 0 radical (unpaired) electrons. The van der Waals surface area contributed by atoms with Gasteiger partial charge in [0.1, 0.15) is 0 Å². The number of aromatic nitrogens is 4. The molecule has 2 aromatic rings. The predicted molar refractivity (Wildman–Crippen MR) is 51.1 cm³/mol. The van der Waals surface area contributed by atoms with Gasteiger partial charge < -0.3 is 0 Å². The molecule has 1 aromatic heterocycles. The molecule has 0 bridgehead atoms.